The van der Waals surface area contributed by atoms with Crippen LogP contribution in [0.4, 0.5) is 5.82 Å². The molecule has 1 aliphatic carbocycles. The van der Waals surface area contributed by atoms with Gasteiger partial charge in [0.05, 0.1) is 0 Å². The molecular formula is C18H23N5O. The predicted octanol–water partition coefficient (Wildman–Crippen LogP) is 2.02. The molecule has 3 heterocycles. The summed E-state index contributed by atoms with van der Waals surface area (Å²) in [6, 6.07) is 6.00. The van der Waals surface area contributed by atoms with Crippen molar-refractivity contribution < 1.29 is 4.79 Å². The van der Waals surface area contributed by atoms with Crippen molar-refractivity contribution in [2.45, 2.75) is 26.2 Å². The zero-order valence-corrected chi connectivity index (χ0v) is 14.1. The van der Waals surface area contributed by atoms with E-state index in [1.165, 1.54) is 12.8 Å². The van der Waals surface area contributed by atoms with Gasteiger partial charge < -0.3 is 14.4 Å². The topological polar surface area (TPSA) is 54.3 Å². The Balaban J connectivity index is 1.44. The monoisotopic (exact) mass is 325 g/mol. The van der Waals surface area contributed by atoms with Crippen LogP contribution in [0.1, 0.15) is 25.1 Å². The minimum Gasteiger partial charge on any atom is -0.353 e. The number of hydrogen-bond donors (Lipinski definition) is 0. The van der Waals surface area contributed by atoms with E-state index >= 15 is 0 Å². The Morgan fingerprint density at radius 2 is 1.75 bits per heavy atom. The summed E-state index contributed by atoms with van der Waals surface area (Å²) in [4.78, 5) is 25.6. The van der Waals surface area contributed by atoms with E-state index in [1.54, 1.807) is 0 Å². The standard InChI is InChI=1S/C18H23N5O/c1-14-19-16(21-6-2-3-7-21)13-17(20-14)22-8-10-23(11-9-22)18(24)12-15-4-5-15/h2-3,6-7,13,15H,4-5,8-12H2,1H3. The van der Waals surface area contributed by atoms with Gasteiger partial charge in [-0.25, -0.2) is 9.97 Å². The average molecular weight is 325 g/mol. The van der Waals surface area contributed by atoms with E-state index in [-0.39, 0.29) is 0 Å². The van der Waals surface area contributed by atoms with Crippen LogP contribution in [-0.2, 0) is 4.79 Å². The Bertz CT molecular complexity index is 715. The van der Waals surface area contributed by atoms with E-state index in [4.69, 9.17) is 0 Å². The molecule has 2 aliphatic rings. The first kappa shape index (κ1) is 15.2. The SMILES string of the molecule is Cc1nc(N2CCN(C(=O)CC3CC3)CC2)cc(-n2cccc2)n1. The average Bonchev–Trinajstić information content (AvgIpc) is 3.23. The maximum absolute atomic E-state index is 12.2. The van der Waals surface area contributed by atoms with Crippen molar-refractivity contribution in [3.63, 3.8) is 0 Å². The van der Waals surface area contributed by atoms with Crippen LogP contribution in [-0.4, -0.2) is 51.5 Å². The van der Waals surface area contributed by atoms with Gasteiger partial charge in [-0.2, -0.15) is 0 Å². The lowest BCUT2D eigenvalue weighted by Gasteiger charge is -2.35. The van der Waals surface area contributed by atoms with Crippen LogP contribution < -0.4 is 4.90 Å². The second-order valence-corrected chi connectivity index (χ2v) is 6.74. The van der Waals surface area contributed by atoms with E-state index in [2.05, 4.69) is 14.9 Å². The van der Waals surface area contributed by atoms with Crippen molar-refractivity contribution in [1.29, 1.82) is 0 Å². The first-order valence-corrected chi connectivity index (χ1v) is 8.71. The summed E-state index contributed by atoms with van der Waals surface area (Å²) >= 11 is 0. The van der Waals surface area contributed by atoms with Crippen LogP contribution in [0, 0.1) is 12.8 Å². The van der Waals surface area contributed by atoms with Crippen molar-refractivity contribution in [1.82, 2.24) is 19.4 Å². The van der Waals surface area contributed by atoms with E-state index < -0.39 is 0 Å². The summed E-state index contributed by atoms with van der Waals surface area (Å²) < 4.78 is 1.99. The molecule has 1 amide bonds. The molecule has 24 heavy (non-hydrogen) atoms. The molecule has 0 aromatic carbocycles. The molecule has 0 spiro atoms. The van der Waals surface area contributed by atoms with Gasteiger partial charge in [-0.3, -0.25) is 4.79 Å². The predicted molar refractivity (Wildman–Crippen MR) is 92.2 cm³/mol. The molecule has 0 N–H and O–H groups in total. The van der Waals surface area contributed by atoms with Gasteiger partial charge in [0.25, 0.3) is 0 Å². The van der Waals surface area contributed by atoms with Crippen molar-refractivity contribution in [2.24, 2.45) is 5.92 Å². The highest BCUT2D eigenvalue weighted by Gasteiger charge is 2.29. The summed E-state index contributed by atoms with van der Waals surface area (Å²) in [5.41, 5.74) is 0. The van der Waals surface area contributed by atoms with E-state index in [0.29, 0.717) is 11.8 Å². The number of carbonyl (C=O) groups is 1. The number of aryl methyl sites for hydroxylation is 1. The summed E-state index contributed by atoms with van der Waals surface area (Å²) in [5, 5.41) is 0. The lowest BCUT2D eigenvalue weighted by Crippen LogP contribution is -2.49. The second kappa shape index (κ2) is 6.26. The van der Waals surface area contributed by atoms with E-state index in [0.717, 1.165) is 50.1 Å². The maximum Gasteiger partial charge on any atom is 0.222 e. The van der Waals surface area contributed by atoms with Crippen LogP contribution >= 0.6 is 0 Å². The summed E-state index contributed by atoms with van der Waals surface area (Å²) in [6.07, 6.45) is 7.17. The number of rotatable bonds is 4. The Kier molecular flexibility index (Phi) is 3.96. The molecule has 1 aliphatic heterocycles. The molecule has 6 heteroatoms. The smallest absolute Gasteiger partial charge is 0.222 e. The van der Waals surface area contributed by atoms with Gasteiger partial charge in [-0.05, 0) is 37.8 Å². The first-order chi connectivity index (χ1) is 11.7. The van der Waals surface area contributed by atoms with Gasteiger partial charge in [0, 0.05) is 51.1 Å². The summed E-state index contributed by atoms with van der Waals surface area (Å²) in [7, 11) is 0. The largest absolute Gasteiger partial charge is 0.353 e. The van der Waals surface area contributed by atoms with Crippen LogP contribution in [0.5, 0.6) is 0 Å². The van der Waals surface area contributed by atoms with Gasteiger partial charge in [0.2, 0.25) is 5.91 Å². The number of piperazine rings is 1. The molecule has 0 radical (unpaired) electrons. The number of aromatic nitrogens is 3. The second-order valence-electron chi connectivity index (χ2n) is 6.74. The lowest BCUT2D eigenvalue weighted by molar-refractivity contribution is -0.131. The Labute approximate surface area is 142 Å². The molecule has 0 atom stereocenters. The third kappa shape index (κ3) is 3.27. The van der Waals surface area contributed by atoms with Gasteiger partial charge >= 0.3 is 0 Å². The fourth-order valence-corrected chi connectivity index (χ4v) is 3.20. The number of anilines is 1. The van der Waals surface area contributed by atoms with Crippen LogP contribution in [0.15, 0.2) is 30.6 Å². The molecular weight excluding hydrogens is 302 g/mol. The molecule has 2 aromatic rings. The van der Waals surface area contributed by atoms with E-state index in [1.807, 2.05) is 47.0 Å². The normalized spacial score (nSPS) is 18.0. The number of amides is 1. The number of nitrogens with zero attached hydrogens (tertiary/aromatic N) is 5. The van der Waals surface area contributed by atoms with Crippen LogP contribution in [0.25, 0.3) is 5.82 Å². The van der Waals surface area contributed by atoms with Crippen LogP contribution in [0.3, 0.4) is 0 Å². The van der Waals surface area contributed by atoms with Gasteiger partial charge in [0.15, 0.2) is 0 Å². The highest BCUT2D eigenvalue weighted by Crippen LogP contribution is 2.33. The van der Waals surface area contributed by atoms with E-state index in [9.17, 15) is 4.79 Å². The van der Waals surface area contributed by atoms with Crippen molar-refractivity contribution in [3.8, 4) is 5.82 Å². The molecule has 4 rings (SSSR count). The quantitative estimate of drug-likeness (QED) is 0.863. The Hall–Kier alpha value is -2.37. The lowest BCUT2D eigenvalue weighted by atomic mass is 10.2. The van der Waals surface area contributed by atoms with Crippen molar-refractivity contribution >= 4 is 11.7 Å². The van der Waals surface area contributed by atoms with Crippen molar-refractivity contribution in [3.05, 3.63) is 36.4 Å². The molecule has 6 nitrogen and oxygen atoms in total. The third-order valence-electron chi connectivity index (χ3n) is 4.80. The minimum atomic E-state index is 0.323. The third-order valence-corrected chi connectivity index (χ3v) is 4.80. The molecule has 1 saturated heterocycles. The maximum atomic E-state index is 12.2. The summed E-state index contributed by atoms with van der Waals surface area (Å²) in [5.74, 6) is 3.58. The van der Waals surface area contributed by atoms with Gasteiger partial charge in [0.1, 0.15) is 17.5 Å². The zero-order chi connectivity index (χ0) is 16.5. The molecule has 0 unspecified atom stereocenters. The molecule has 2 aromatic heterocycles. The highest BCUT2D eigenvalue weighted by atomic mass is 16.2. The molecule has 1 saturated carbocycles. The van der Waals surface area contributed by atoms with Gasteiger partial charge in [-0.15, -0.1) is 0 Å². The highest BCUT2D eigenvalue weighted by molar-refractivity contribution is 5.77. The fourth-order valence-electron chi connectivity index (χ4n) is 3.20. The first-order valence-electron chi connectivity index (χ1n) is 8.71. The fraction of sp³-hybridized carbons (Fsp3) is 0.500. The summed E-state index contributed by atoms with van der Waals surface area (Å²) in [6.45, 7) is 5.16. The van der Waals surface area contributed by atoms with Gasteiger partial charge in [-0.1, -0.05) is 0 Å². The zero-order valence-electron chi connectivity index (χ0n) is 14.1. The van der Waals surface area contributed by atoms with Crippen LogP contribution in [0.2, 0.25) is 0 Å². The Morgan fingerprint density at radius 3 is 2.42 bits per heavy atom. The molecule has 0 bridgehead atoms. The molecule has 126 valence electrons. The number of hydrogen-bond acceptors (Lipinski definition) is 4. The minimum absolute atomic E-state index is 0.323. The Morgan fingerprint density at radius 1 is 1.08 bits per heavy atom. The van der Waals surface area contributed by atoms with Crippen molar-refractivity contribution in [2.75, 3.05) is 31.1 Å². The number of carbonyl (C=O) groups excluding carboxylic acids is 1. The molecule has 2 fully saturated rings.